The maximum Gasteiger partial charge on any atom is 0.254 e. The number of halogens is 1. The summed E-state index contributed by atoms with van der Waals surface area (Å²) in [4.78, 5) is 32.9. The fourth-order valence-electron chi connectivity index (χ4n) is 3.86. The lowest BCUT2D eigenvalue weighted by atomic mass is 10.1. The second-order valence-corrected chi connectivity index (χ2v) is 7.16. The molecule has 2 aliphatic heterocycles. The molecule has 26 heavy (non-hydrogen) atoms. The zero-order valence-corrected chi connectivity index (χ0v) is 15.2. The number of hydrogen-bond donors (Lipinski definition) is 0. The van der Waals surface area contributed by atoms with Gasteiger partial charge in [0.05, 0.1) is 16.8 Å². The Bertz CT molecular complexity index is 840. The Kier molecular flexibility index (Phi) is 4.64. The summed E-state index contributed by atoms with van der Waals surface area (Å²) in [6.07, 6.45) is 6.80. The number of anilines is 1. The molecule has 0 spiro atoms. The van der Waals surface area contributed by atoms with Crippen LogP contribution < -0.4 is 4.90 Å². The highest BCUT2D eigenvalue weighted by atomic mass is 35.5. The van der Waals surface area contributed by atoms with E-state index in [1.54, 1.807) is 35.5 Å². The highest BCUT2D eigenvalue weighted by molar-refractivity contribution is 6.34. The Morgan fingerprint density at radius 2 is 1.92 bits per heavy atom. The van der Waals surface area contributed by atoms with E-state index < -0.39 is 0 Å². The van der Waals surface area contributed by atoms with Gasteiger partial charge in [-0.15, -0.1) is 0 Å². The lowest BCUT2D eigenvalue weighted by Crippen LogP contribution is -2.31. The molecular formula is C20H20ClN3O2. The molecule has 0 bridgehead atoms. The molecular weight excluding hydrogens is 350 g/mol. The molecule has 0 radical (unpaired) electrons. The molecule has 2 amide bonds. The Hall–Kier alpha value is -2.40. The molecule has 0 saturated carbocycles. The molecule has 0 aliphatic carbocycles. The summed E-state index contributed by atoms with van der Waals surface area (Å²) in [5.41, 5.74) is 2.32. The monoisotopic (exact) mass is 369 g/mol. The maximum atomic E-state index is 13.2. The molecule has 2 saturated heterocycles. The van der Waals surface area contributed by atoms with Gasteiger partial charge in [0.25, 0.3) is 5.91 Å². The van der Waals surface area contributed by atoms with Crippen molar-refractivity contribution >= 4 is 29.1 Å². The molecule has 1 aromatic heterocycles. The fourth-order valence-corrected chi connectivity index (χ4v) is 4.08. The van der Waals surface area contributed by atoms with Crippen LogP contribution in [0.15, 0.2) is 42.7 Å². The first-order valence-electron chi connectivity index (χ1n) is 8.96. The van der Waals surface area contributed by atoms with E-state index in [4.69, 9.17) is 11.6 Å². The minimum absolute atomic E-state index is 0.0196. The third-order valence-electron chi connectivity index (χ3n) is 5.16. The zero-order chi connectivity index (χ0) is 18.1. The van der Waals surface area contributed by atoms with Crippen LogP contribution in [0.25, 0.3) is 0 Å². The summed E-state index contributed by atoms with van der Waals surface area (Å²) in [6.45, 7) is 1.38. The largest absolute Gasteiger partial charge is 0.332 e. The Morgan fingerprint density at radius 3 is 2.65 bits per heavy atom. The lowest BCUT2D eigenvalue weighted by molar-refractivity contribution is -0.117. The third-order valence-corrected chi connectivity index (χ3v) is 5.48. The fraction of sp³-hybridized carbons (Fsp3) is 0.350. The van der Waals surface area contributed by atoms with Gasteiger partial charge in [-0.2, -0.15) is 0 Å². The topological polar surface area (TPSA) is 53.5 Å². The predicted octanol–water partition coefficient (Wildman–Crippen LogP) is 3.84. The van der Waals surface area contributed by atoms with Crippen molar-refractivity contribution in [3.63, 3.8) is 0 Å². The number of pyridine rings is 1. The van der Waals surface area contributed by atoms with Crippen LogP contribution in [0, 0.1) is 0 Å². The van der Waals surface area contributed by atoms with Gasteiger partial charge < -0.3 is 9.80 Å². The van der Waals surface area contributed by atoms with Crippen molar-refractivity contribution in [2.24, 2.45) is 0 Å². The van der Waals surface area contributed by atoms with E-state index in [1.807, 2.05) is 17.0 Å². The van der Waals surface area contributed by atoms with Gasteiger partial charge in [0, 0.05) is 37.5 Å². The third kappa shape index (κ3) is 3.07. The van der Waals surface area contributed by atoms with Gasteiger partial charge in [0.2, 0.25) is 5.91 Å². The first-order chi connectivity index (χ1) is 12.6. The highest BCUT2D eigenvalue weighted by Gasteiger charge is 2.31. The number of carbonyl (C=O) groups excluding carboxylic acids is 2. The minimum Gasteiger partial charge on any atom is -0.332 e. The van der Waals surface area contributed by atoms with Crippen LogP contribution >= 0.6 is 11.6 Å². The summed E-state index contributed by atoms with van der Waals surface area (Å²) in [5.74, 6) is 0.0428. The maximum absolute atomic E-state index is 13.2. The predicted molar refractivity (Wildman–Crippen MR) is 100 cm³/mol. The molecule has 4 rings (SSSR count). The van der Waals surface area contributed by atoms with Gasteiger partial charge in [-0.25, -0.2) is 0 Å². The standard InChI is InChI=1S/C20H20ClN3O2/c21-16-6-5-15(13-18(16)23-11-2-4-19(23)25)20(26)24-12-1-3-17(24)14-7-9-22-10-8-14/h5-10,13,17H,1-4,11-12H2. The van der Waals surface area contributed by atoms with Crippen molar-refractivity contribution in [3.8, 4) is 0 Å². The van der Waals surface area contributed by atoms with Crippen molar-refractivity contribution in [1.29, 1.82) is 0 Å². The first-order valence-corrected chi connectivity index (χ1v) is 9.34. The summed E-state index contributed by atoms with van der Waals surface area (Å²) in [6, 6.07) is 9.22. The SMILES string of the molecule is O=C1CCCN1c1cc(C(=O)N2CCCC2c2ccncc2)ccc1Cl. The molecule has 3 heterocycles. The van der Waals surface area contributed by atoms with Gasteiger partial charge in [0.15, 0.2) is 0 Å². The number of hydrogen-bond acceptors (Lipinski definition) is 3. The number of benzene rings is 1. The summed E-state index contributed by atoms with van der Waals surface area (Å²) in [5, 5.41) is 0.504. The molecule has 0 N–H and O–H groups in total. The van der Waals surface area contributed by atoms with Crippen LogP contribution in [0.5, 0.6) is 0 Å². The van der Waals surface area contributed by atoms with Gasteiger partial charge >= 0.3 is 0 Å². The van der Waals surface area contributed by atoms with E-state index in [2.05, 4.69) is 4.98 Å². The number of amides is 2. The summed E-state index contributed by atoms with van der Waals surface area (Å²) < 4.78 is 0. The molecule has 1 unspecified atom stereocenters. The van der Waals surface area contributed by atoms with Crippen LogP contribution in [-0.2, 0) is 4.79 Å². The van der Waals surface area contributed by atoms with E-state index >= 15 is 0 Å². The summed E-state index contributed by atoms with van der Waals surface area (Å²) >= 11 is 6.30. The number of carbonyl (C=O) groups is 2. The van der Waals surface area contributed by atoms with Crippen LogP contribution in [0.4, 0.5) is 5.69 Å². The second kappa shape index (κ2) is 7.08. The van der Waals surface area contributed by atoms with Crippen molar-refractivity contribution in [3.05, 3.63) is 58.9 Å². The lowest BCUT2D eigenvalue weighted by Gasteiger charge is -2.26. The Labute approximate surface area is 157 Å². The van der Waals surface area contributed by atoms with Crippen molar-refractivity contribution in [2.45, 2.75) is 31.7 Å². The molecule has 1 atom stereocenters. The first kappa shape index (κ1) is 17.0. The van der Waals surface area contributed by atoms with Crippen molar-refractivity contribution in [2.75, 3.05) is 18.0 Å². The quantitative estimate of drug-likeness (QED) is 0.826. The van der Waals surface area contributed by atoms with Crippen molar-refractivity contribution < 1.29 is 9.59 Å². The van der Waals surface area contributed by atoms with E-state index in [-0.39, 0.29) is 17.9 Å². The van der Waals surface area contributed by atoms with Crippen LogP contribution in [-0.4, -0.2) is 34.8 Å². The molecule has 5 nitrogen and oxygen atoms in total. The van der Waals surface area contributed by atoms with E-state index in [0.717, 1.165) is 31.4 Å². The highest BCUT2D eigenvalue weighted by Crippen LogP contribution is 2.35. The molecule has 6 heteroatoms. The van der Waals surface area contributed by atoms with E-state index in [0.29, 0.717) is 29.2 Å². The second-order valence-electron chi connectivity index (χ2n) is 6.75. The number of likely N-dealkylation sites (tertiary alicyclic amines) is 1. The smallest absolute Gasteiger partial charge is 0.254 e. The number of nitrogens with zero attached hydrogens (tertiary/aromatic N) is 3. The Morgan fingerprint density at radius 1 is 1.12 bits per heavy atom. The normalized spacial score (nSPS) is 20.0. The average Bonchev–Trinajstić information content (AvgIpc) is 3.31. The summed E-state index contributed by atoms with van der Waals surface area (Å²) in [7, 11) is 0. The van der Waals surface area contributed by atoms with Crippen LogP contribution in [0.3, 0.4) is 0 Å². The van der Waals surface area contributed by atoms with E-state index in [9.17, 15) is 9.59 Å². The number of aromatic nitrogens is 1. The molecule has 134 valence electrons. The molecule has 2 fully saturated rings. The van der Waals surface area contributed by atoms with Crippen molar-refractivity contribution in [1.82, 2.24) is 9.88 Å². The molecule has 1 aromatic carbocycles. The Balaban J connectivity index is 1.63. The van der Waals surface area contributed by atoms with Gasteiger partial charge in [-0.05, 0) is 55.2 Å². The zero-order valence-electron chi connectivity index (χ0n) is 14.4. The minimum atomic E-state index is -0.0196. The molecule has 2 aromatic rings. The van der Waals surface area contributed by atoms with E-state index in [1.165, 1.54) is 0 Å². The van der Waals surface area contributed by atoms with Gasteiger partial charge in [-0.1, -0.05) is 11.6 Å². The average molecular weight is 370 g/mol. The van der Waals surface area contributed by atoms with Gasteiger partial charge in [0.1, 0.15) is 0 Å². The van der Waals surface area contributed by atoms with Crippen LogP contribution in [0.1, 0.15) is 47.6 Å². The molecule has 2 aliphatic rings. The number of rotatable bonds is 3. The van der Waals surface area contributed by atoms with Crippen LogP contribution in [0.2, 0.25) is 5.02 Å². The van der Waals surface area contributed by atoms with Gasteiger partial charge in [-0.3, -0.25) is 14.6 Å².